The van der Waals surface area contributed by atoms with E-state index in [1.165, 1.54) is 7.11 Å². The molecule has 6 nitrogen and oxygen atoms in total. The number of hydrogen-bond acceptors (Lipinski definition) is 6. The van der Waals surface area contributed by atoms with E-state index in [0.29, 0.717) is 44.7 Å². The first-order valence-electron chi connectivity index (χ1n) is 13.0. The minimum atomic E-state index is -0.646. The first-order valence-corrected chi connectivity index (χ1v) is 14.2. The van der Waals surface area contributed by atoms with E-state index in [4.69, 9.17) is 21.1 Å². The van der Waals surface area contributed by atoms with Crippen molar-refractivity contribution in [2.45, 2.75) is 69.8 Å². The summed E-state index contributed by atoms with van der Waals surface area (Å²) in [6, 6.07) is 11.0. The lowest BCUT2D eigenvalue weighted by molar-refractivity contribution is -0.146. The third kappa shape index (κ3) is 5.23. The highest BCUT2D eigenvalue weighted by atomic mass is 79.9. The highest BCUT2D eigenvalue weighted by Crippen LogP contribution is 2.48. The second-order valence-corrected chi connectivity index (χ2v) is 11.6. The van der Waals surface area contributed by atoms with E-state index in [0.717, 1.165) is 43.4 Å². The summed E-state index contributed by atoms with van der Waals surface area (Å²) in [5.41, 5.74) is 4.19. The summed E-state index contributed by atoms with van der Waals surface area (Å²) in [5.74, 6) is -0.862. The van der Waals surface area contributed by atoms with Gasteiger partial charge in [0.25, 0.3) is 0 Å². The van der Waals surface area contributed by atoms with Crippen molar-refractivity contribution in [2.75, 3.05) is 7.11 Å². The Morgan fingerprint density at radius 3 is 2.47 bits per heavy atom. The first kappa shape index (κ1) is 26.8. The van der Waals surface area contributed by atoms with Gasteiger partial charge in [0, 0.05) is 34.3 Å². The van der Waals surface area contributed by atoms with Gasteiger partial charge in [-0.05, 0) is 96.3 Å². The summed E-state index contributed by atoms with van der Waals surface area (Å²) in [6.45, 7) is 1.86. The molecule has 1 aliphatic heterocycles. The van der Waals surface area contributed by atoms with Crippen LogP contribution >= 0.6 is 27.5 Å². The molecule has 2 aliphatic carbocycles. The van der Waals surface area contributed by atoms with Crippen molar-refractivity contribution in [3.8, 4) is 11.5 Å². The Balaban J connectivity index is 1.58. The van der Waals surface area contributed by atoms with Gasteiger partial charge in [0.15, 0.2) is 17.3 Å². The van der Waals surface area contributed by atoms with Gasteiger partial charge in [-0.2, -0.15) is 0 Å². The van der Waals surface area contributed by atoms with Gasteiger partial charge in [0.2, 0.25) is 0 Å². The molecule has 3 aliphatic rings. The molecule has 0 radical (unpaired) electrons. The lowest BCUT2D eigenvalue weighted by Gasteiger charge is -2.37. The molecule has 0 amide bonds. The topological polar surface area (TPSA) is 84.9 Å². The van der Waals surface area contributed by atoms with Gasteiger partial charge >= 0.3 is 5.97 Å². The number of benzene rings is 2. The number of hydrogen-bond donors (Lipinski definition) is 2. The number of carbonyl (C=O) groups is 2. The average molecular weight is 601 g/mol. The number of dihydropyridines is 1. The van der Waals surface area contributed by atoms with Crippen molar-refractivity contribution in [3.63, 3.8) is 0 Å². The van der Waals surface area contributed by atoms with Crippen molar-refractivity contribution in [1.29, 1.82) is 0 Å². The zero-order chi connectivity index (χ0) is 27.0. The van der Waals surface area contributed by atoms with Crippen LogP contribution in [-0.2, 0) is 14.3 Å². The SMILES string of the molecule is COc1cc([C@H]2C(C(=O)OC3CCCCC3)=C(C)NC3=C2C(=O)C[C@@H](c2ccc(Cl)cc2)C3)cc(Br)c1O. The molecular weight excluding hydrogens is 570 g/mol. The Morgan fingerprint density at radius 2 is 1.79 bits per heavy atom. The number of aromatic hydroxyl groups is 1. The highest BCUT2D eigenvalue weighted by molar-refractivity contribution is 9.10. The summed E-state index contributed by atoms with van der Waals surface area (Å²) in [7, 11) is 1.47. The normalized spacial score (nSPS) is 22.2. The number of esters is 1. The van der Waals surface area contributed by atoms with E-state index in [1.54, 1.807) is 12.1 Å². The van der Waals surface area contributed by atoms with Gasteiger partial charge in [0.05, 0.1) is 17.2 Å². The molecule has 0 unspecified atom stereocenters. The number of rotatable bonds is 5. The molecule has 8 heteroatoms. The molecule has 38 heavy (non-hydrogen) atoms. The fourth-order valence-electron chi connectivity index (χ4n) is 5.93. The van der Waals surface area contributed by atoms with Crippen molar-refractivity contribution < 1.29 is 24.2 Å². The number of phenols is 1. The minimum Gasteiger partial charge on any atom is -0.503 e. The number of nitrogens with one attached hydrogen (secondary N) is 1. The number of carbonyl (C=O) groups excluding carboxylic acids is 2. The third-order valence-corrected chi connectivity index (χ3v) is 8.68. The van der Waals surface area contributed by atoms with E-state index < -0.39 is 11.9 Å². The molecule has 5 rings (SSSR count). The van der Waals surface area contributed by atoms with Crippen LogP contribution in [0.15, 0.2) is 63.4 Å². The number of ether oxygens (including phenoxy) is 2. The summed E-state index contributed by atoms with van der Waals surface area (Å²) in [4.78, 5) is 27.5. The van der Waals surface area contributed by atoms with E-state index >= 15 is 0 Å². The van der Waals surface area contributed by atoms with Crippen molar-refractivity contribution >= 4 is 39.3 Å². The molecular formula is C30H31BrClNO5. The van der Waals surface area contributed by atoms with Crippen LogP contribution in [0, 0.1) is 0 Å². The van der Waals surface area contributed by atoms with Crippen LogP contribution in [0.25, 0.3) is 0 Å². The summed E-state index contributed by atoms with van der Waals surface area (Å²) in [6.07, 6.45) is 5.76. The molecule has 2 N–H and O–H groups in total. The number of allylic oxidation sites excluding steroid dienone is 3. The number of halogens is 2. The zero-order valence-electron chi connectivity index (χ0n) is 21.5. The maximum absolute atomic E-state index is 13.8. The molecule has 1 fully saturated rings. The maximum atomic E-state index is 13.8. The van der Waals surface area contributed by atoms with Gasteiger partial charge in [0.1, 0.15) is 6.10 Å². The smallest absolute Gasteiger partial charge is 0.337 e. The average Bonchev–Trinajstić information content (AvgIpc) is 2.90. The molecule has 1 saturated carbocycles. The highest BCUT2D eigenvalue weighted by Gasteiger charge is 2.42. The van der Waals surface area contributed by atoms with Crippen LogP contribution in [0.4, 0.5) is 0 Å². The third-order valence-electron chi connectivity index (χ3n) is 7.82. The molecule has 200 valence electrons. The minimum absolute atomic E-state index is 0.00343. The number of Topliss-reactive ketones (excluding diaryl/α,β-unsaturated/α-hetero) is 1. The summed E-state index contributed by atoms with van der Waals surface area (Å²) < 4.78 is 11.8. The summed E-state index contributed by atoms with van der Waals surface area (Å²) in [5, 5.41) is 14.5. The van der Waals surface area contributed by atoms with Crippen LogP contribution in [0.3, 0.4) is 0 Å². The fraction of sp³-hybridized carbons (Fsp3) is 0.400. The number of methoxy groups -OCH3 is 1. The first-order chi connectivity index (χ1) is 18.3. The Bertz CT molecular complexity index is 1330. The van der Waals surface area contributed by atoms with Crippen LogP contribution in [0.5, 0.6) is 11.5 Å². The van der Waals surface area contributed by atoms with E-state index in [1.807, 2.05) is 31.2 Å². The maximum Gasteiger partial charge on any atom is 0.337 e. The standard InChI is InChI=1S/C30H31BrClNO5/c1-16-26(30(36)38-21-6-4-3-5-7-21)27(19-12-22(31)29(35)25(15-19)37-2)28-23(33-16)13-18(14-24(28)34)17-8-10-20(32)11-9-17/h8-12,15,18,21,27,33,35H,3-7,13-14H2,1-2H3/t18-,27-/m0/s1. The largest absolute Gasteiger partial charge is 0.503 e. The Hall–Kier alpha value is -2.77. The molecule has 2 aromatic carbocycles. The van der Waals surface area contributed by atoms with Gasteiger partial charge in [-0.15, -0.1) is 0 Å². The monoisotopic (exact) mass is 599 g/mol. The van der Waals surface area contributed by atoms with Crippen molar-refractivity contribution in [3.05, 3.63) is 79.6 Å². The van der Waals surface area contributed by atoms with E-state index in [2.05, 4.69) is 21.2 Å². The van der Waals surface area contributed by atoms with E-state index in [9.17, 15) is 14.7 Å². The van der Waals surface area contributed by atoms with Crippen LogP contribution in [0.2, 0.25) is 5.02 Å². The van der Waals surface area contributed by atoms with Gasteiger partial charge in [-0.1, -0.05) is 30.2 Å². The number of ketones is 1. The summed E-state index contributed by atoms with van der Waals surface area (Å²) >= 11 is 9.51. The quantitative estimate of drug-likeness (QED) is 0.358. The molecule has 2 atom stereocenters. The second kappa shape index (κ2) is 11.1. The predicted octanol–water partition coefficient (Wildman–Crippen LogP) is 7.05. The van der Waals surface area contributed by atoms with Crippen LogP contribution in [-0.4, -0.2) is 30.1 Å². The fourth-order valence-corrected chi connectivity index (χ4v) is 6.51. The van der Waals surface area contributed by atoms with Gasteiger partial charge < -0.3 is 19.9 Å². The lowest BCUT2D eigenvalue weighted by Crippen LogP contribution is -2.37. The molecule has 2 aromatic rings. The molecule has 0 bridgehead atoms. The Kier molecular flexibility index (Phi) is 7.87. The Morgan fingerprint density at radius 1 is 1.08 bits per heavy atom. The second-order valence-electron chi connectivity index (χ2n) is 10.3. The van der Waals surface area contributed by atoms with Crippen LogP contribution < -0.4 is 10.1 Å². The van der Waals surface area contributed by atoms with E-state index in [-0.39, 0.29) is 29.3 Å². The Labute approximate surface area is 236 Å². The van der Waals surface area contributed by atoms with Gasteiger partial charge in [-0.3, -0.25) is 4.79 Å². The lowest BCUT2D eigenvalue weighted by atomic mass is 9.71. The van der Waals surface area contributed by atoms with Crippen molar-refractivity contribution in [1.82, 2.24) is 5.32 Å². The van der Waals surface area contributed by atoms with Crippen molar-refractivity contribution in [2.24, 2.45) is 0 Å². The molecule has 1 heterocycles. The molecule has 0 spiro atoms. The number of phenolic OH excluding ortho intramolecular Hbond substituents is 1. The van der Waals surface area contributed by atoms with Crippen LogP contribution in [0.1, 0.15) is 74.8 Å². The van der Waals surface area contributed by atoms with Gasteiger partial charge in [-0.25, -0.2) is 4.79 Å². The zero-order valence-corrected chi connectivity index (χ0v) is 23.8. The predicted molar refractivity (Wildman–Crippen MR) is 149 cm³/mol. The molecule has 0 saturated heterocycles. The molecule has 0 aromatic heterocycles.